The smallest absolute Gasteiger partial charge is 0.427 e. The lowest BCUT2D eigenvalue weighted by molar-refractivity contribution is -0.122. The number of hydrogen-bond donors (Lipinski definition) is 4. The Balaban J connectivity index is 0.00000420. The van der Waals surface area contributed by atoms with Gasteiger partial charge in [0, 0.05) is 18.2 Å². The molecule has 29 heavy (non-hydrogen) atoms. The maximum atomic E-state index is 13.6. The number of unbranched alkanes of at least 4 members (excludes halogenated alkanes) is 1. The van der Waals surface area contributed by atoms with E-state index in [1.807, 2.05) is 0 Å². The summed E-state index contributed by atoms with van der Waals surface area (Å²) in [6.45, 7) is -0.725. The number of nitrogens with zero attached hydrogens (tertiary/aromatic N) is 4. The van der Waals surface area contributed by atoms with Gasteiger partial charge in [0.1, 0.15) is 12.4 Å². The van der Waals surface area contributed by atoms with E-state index in [1.165, 1.54) is 4.68 Å². The second-order valence-corrected chi connectivity index (χ2v) is 6.20. The molecule has 1 unspecified atom stereocenters. The number of nitrogens with two attached hydrogens (primary N) is 1. The number of hydrogen-bond acceptors (Lipinski definition) is 7. The Labute approximate surface area is 171 Å². The van der Waals surface area contributed by atoms with Crippen LogP contribution in [-0.2, 0) is 17.9 Å². The first-order valence-electron chi connectivity index (χ1n) is 8.55. The molecule has 0 aliphatic heterocycles. The normalized spacial score (nSPS) is 11.7. The van der Waals surface area contributed by atoms with Gasteiger partial charge in [-0.3, -0.25) is 4.79 Å². The Morgan fingerprint density at radius 2 is 2.00 bits per heavy atom. The number of carbonyl (C=O) groups is 1. The van der Waals surface area contributed by atoms with Crippen LogP contribution in [0.15, 0.2) is 12.1 Å². The largest absolute Gasteiger partial charge is 0.451 e. The minimum absolute atomic E-state index is 0. The van der Waals surface area contributed by atoms with Crippen molar-refractivity contribution in [3.05, 3.63) is 41.0 Å². The van der Waals surface area contributed by atoms with Crippen molar-refractivity contribution in [2.45, 2.75) is 44.7 Å². The van der Waals surface area contributed by atoms with E-state index < -0.39 is 43.1 Å². The highest BCUT2D eigenvalue weighted by Crippen LogP contribution is 2.16. The van der Waals surface area contributed by atoms with E-state index in [-0.39, 0.29) is 36.7 Å². The second-order valence-electron chi connectivity index (χ2n) is 6.20. The summed E-state index contributed by atoms with van der Waals surface area (Å²) < 4.78 is 41.1. The van der Waals surface area contributed by atoms with Gasteiger partial charge in [0.05, 0.1) is 6.04 Å². The minimum atomic E-state index is -1.37. The average molecular weight is 437 g/mol. The van der Waals surface area contributed by atoms with Gasteiger partial charge in [0.25, 0.3) is 0 Å². The molecule has 0 aliphatic carbocycles. The molecule has 0 fully saturated rings. The lowest BCUT2D eigenvalue weighted by atomic mass is 9.83. The molecule has 0 bridgehead atoms. The number of rotatable bonds is 10. The summed E-state index contributed by atoms with van der Waals surface area (Å²) in [6.07, 6.45) is 1.82. The van der Waals surface area contributed by atoms with Crippen molar-refractivity contribution in [2.24, 2.45) is 5.73 Å². The maximum absolute atomic E-state index is 13.6. The summed E-state index contributed by atoms with van der Waals surface area (Å²) in [6, 6.07) is 0.630. The molecular formula is C15H21BClF3N6O3. The summed E-state index contributed by atoms with van der Waals surface area (Å²) in [5, 5.41) is 30.9. The van der Waals surface area contributed by atoms with Gasteiger partial charge in [0.15, 0.2) is 17.5 Å². The van der Waals surface area contributed by atoms with Gasteiger partial charge in [-0.15, -0.1) is 17.5 Å². The van der Waals surface area contributed by atoms with Crippen molar-refractivity contribution < 1.29 is 28.0 Å². The molecule has 1 heterocycles. The van der Waals surface area contributed by atoms with Crippen LogP contribution in [-0.4, -0.2) is 43.3 Å². The fourth-order valence-corrected chi connectivity index (χ4v) is 2.53. The van der Waals surface area contributed by atoms with Gasteiger partial charge in [-0.05, 0) is 29.2 Å². The quantitative estimate of drug-likeness (QED) is 0.241. The third-order valence-electron chi connectivity index (χ3n) is 3.96. The molecule has 2 aromatic rings. The van der Waals surface area contributed by atoms with E-state index in [2.05, 4.69) is 20.8 Å². The summed E-state index contributed by atoms with van der Waals surface area (Å²) in [7, 11) is -1.37. The fraction of sp³-hybridized carbons (Fsp3) is 0.467. The van der Waals surface area contributed by atoms with E-state index in [4.69, 9.17) is 15.8 Å². The monoisotopic (exact) mass is 436 g/mol. The van der Waals surface area contributed by atoms with Gasteiger partial charge < -0.3 is 21.1 Å². The van der Waals surface area contributed by atoms with Crippen LogP contribution in [0.3, 0.4) is 0 Å². The molecule has 160 valence electrons. The van der Waals surface area contributed by atoms with E-state index >= 15 is 0 Å². The number of amides is 1. The van der Waals surface area contributed by atoms with Crippen molar-refractivity contribution >= 4 is 25.4 Å². The molecule has 1 aromatic heterocycles. The first-order chi connectivity index (χ1) is 13.3. The molecule has 0 spiro atoms. The molecule has 14 heteroatoms. The maximum Gasteiger partial charge on any atom is 0.451 e. The van der Waals surface area contributed by atoms with Gasteiger partial charge in [-0.2, -0.15) is 0 Å². The molecule has 2 rings (SSSR count). The predicted molar refractivity (Wildman–Crippen MR) is 99.0 cm³/mol. The number of carbonyl (C=O) groups excluding carboxylic acids is 1. The SMILES string of the molecule is Cl.NC(CCCCB(O)O)c1nnnn1CC(=O)NCc1cc(F)cc(F)c1F. The predicted octanol–water partition coefficient (Wildman–Crippen LogP) is 0.471. The highest BCUT2D eigenvalue weighted by atomic mass is 35.5. The van der Waals surface area contributed by atoms with Crippen LogP contribution in [0.1, 0.15) is 36.7 Å². The van der Waals surface area contributed by atoms with Crippen molar-refractivity contribution in [1.82, 2.24) is 25.5 Å². The number of nitrogens with one attached hydrogen (secondary N) is 1. The Hall–Kier alpha value is -2.22. The van der Waals surface area contributed by atoms with Crippen LogP contribution in [0.5, 0.6) is 0 Å². The third-order valence-corrected chi connectivity index (χ3v) is 3.96. The summed E-state index contributed by atoms with van der Waals surface area (Å²) in [5.74, 6) is -3.88. The van der Waals surface area contributed by atoms with E-state index in [0.717, 1.165) is 6.07 Å². The highest BCUT2D eigenvalue weighted by Gasteiger charge is 2.18. The number of tetrazole rings is 1. The highest BCUT2D eigenvalue weighted by molar-refractivity contribution is 6.40. The van der Waals surface area contributed by atoms with Crippen LogP contribution >= 0.6 is 12.4 Å². The molecule has 1 atom stereocenters. The molecule has 0 radical (unpaired) electrons. The van der Waals surface area contributed by atoms with E-state index in [9.17, 15) is 18.0 Å². The molecule has 0 aliphatic rings. The Morgan fingerprint density at radius 3 is 2.69 bits per heavy atom. The number of halogens is 4. The molecule has 0 saturated heterocycles. The molecule has 9 nitrogen and oxygen atoms in total. The van der Waals surface area contributed by atoms with Crippen molar-refractivity contribution in [1.29, 1.82) is 0 Å². The summed E-state index contributed by atoms with van der Waals surface area (Å²) in [4.78, 5) is 12.0. The molecule has 1 amide bonds. The lowest BCUT2D eigenvalue weighted by Crippen LogP contribution is -2.30. The van der Waals surface area contributed by atoms with Crippen LogP contribution in [0.2, 0.25) is 6.32 Å². The second kappa shape index (κ2) is 11.7. The minimum Gasteiger partial charge on any atom is -0.427 e. The van der Waals surface area contributed by atoms with Crippen molar-refractivity contribution in [2.75, 3.05) is 0 Å². The van der Waals surface area contributed by atoms with Crippen molar-refractivity contribution in [3.8, 4) is 0 Å². The Morgan fingerprint density at radius 1 is 1.28 bits per heavy atom. The standard InChI is InChI=1S/C15H20BF3N6O3.ClH/c17-10-5-9(14(19)11(18)6-10)7-21-13(26)8-25-15(22-23-24-25)12(20)3-1-2-4-16(27)28;/h5-6,12,27-28H,1-4,7-8,20H2,(H,21,26);1H. The zero-order chi connectivity index (χ0) is 20.7. The summed E-state index contributed by atoms with van der Waals surface area (Å²) in [5.41, 5.74) is 5.67. The van der Waals surface area contributed by atoms with Crippen LogP contribution < -0.4 is 11.1 Å². The molecule has 0 saturated carbocycles. The topological polar surface area (TPSA) is 139 Å². The van der Waals surface area contributed by atoms with Crippen molar-refractivity contribution in [3.63, 3.8) is 0 Å². The van der Waals surface area contributed by atoms with E-state index in [1.54, 1.807) is 0 Å². The Kier molecular flexibility index (Phi) is 10.0. The zero-order valence-electron chi connectivity index (χ0n) is 15.3. The molecule has 5 N–H and O–H groups in total. The number of aromatic nitrogens is 4. The van der Waals surface area contributed by atoms with E-state index in [0.29, 0.717) is 25.3 Å². The fourth-order valence-electron chi connectivity index (χ4n) is 2.53. The van der Waals surface area contributed by atoms with Crippen LogP contribution in [0, 0.1) is 17.5 Å². The van der Waals surface area contributed by atoms with Crippen LogP contribution in [0.25, 0.3) is 0 Å². The molecule has 1 aromatic carbocycles. The first-order valence-corrected chi connectivity index (χ1v) is 8.55. The third kappa shape index (κ3) is 7.61. The first kappa shape index (κ1) is 24.8. The number of benzene rings is 1. The van der Waals surface area contributed by atoms with Gasteiger partial charge >= 0.3 is 7.12 Å². The average Bonchev–Trinajstić information content (AvgIpc) is 3.08. The summed E-state index contributed by atoms with van der Waals surface area (Å²) >= 11 is 0. The van der Waals surface area contributed by atoms with Gasteiger partial charge in [0.2, 0.25) is 5.91 Å². The van der Waals surface area contributed by atoms with Crippen LogP contribution in [0.4, 0.5) is 13.2 Å². The molecular weight excluding hydrogens is 415 g/mol. The zero-order valence-corrected chi connectivity index (χ0v) is 16.1. The lowest BCUT2D eigenvalue weighted by Gasteiger charge is -2.12. The Bertz CT molecular complexity index is 814. The van der Waals surface area contributed by atoms with Gasteiger partial charge in [-0.1, -0.05) is 12.8 Å². The van der Waals surface area contributed by atoms with Gasteiger partial charge in [-0.25, -0.2) is 17.9 Å².